The molecule has 0 radical (unpaired) electrons. The van der Waals surface area contributed by atoms with Gasteiger partial charge in [0, 0.05) is 36.6 Å². The molecule has 0 fully saturated rings. The summed E-state index contributed by atoms with van der Waals surface area (Å²) in [6.07, 6.45) is 5.14. The number of ether oxygens (including phenoxy) is 1. The van der Waals surface area contributed by atoms with Crippen molar-refractivity contribution in [3.8, 4) is 0 Å². The fraction of sp³-hybridized carbons (Fsp3) is 0.176. The molecule has 236 valence electrons. The van der Waals surface area contributed by atoms with Crippen molar-refractivity contribution in [1.82, 2.24) is 5.32 Å². The third-order valence-electron chi connectivity index (χ3n) is 7.09. The van der Waals surface area contributed by atoms with Gasteiger partial charge in [0.05, 0.1) is 18.4 Å². The molecular weight excluding hydrogens is 665 g/mol. The number of hydrogen-bond donors (Lipinski definition) is 3. The second-order valence-corrected chi connectivity index (χ2v) is 13.2. The maximum Gasteiger partial charge on any atom is 0.341 e. The number of benzene rings is 3. The van der Waals surface area contributed by atoms with E-state index in [0.717, 1.165) is 41.0 Å². The minimum Gasteiger partial charge on any atom is -0.465 e. The van der Waals surface area contributed by atoms with Crippen LogP contribution in [0.2, 0.25) is 10.0 Å². The van der Waals surface area contributed by atoms with Crippen molar-refractivity contribution in [3.05, 3.63) is 116 Å². The fourth-order valence-corrected chi connectivity index (χ4v) is 7.44. The highest BCUT2D eigenvalue weighted by atomic mass is 35.5. The Kier molecular flexibility index (Phi) is 11.2. The van der Waals surface area contributed by atoms with Gasteiger partial charge in [-0.3, -0.25) is 14.4 Å². The van der Waals surface area contributed by atoms with Gasteiger partial charge in [-0.15, -0.1) is 23.1 Å². The van der Waals surface area contributed by atoms with E-state index in [4.69, 9.17) is 27.9 Å². The molecule has 0 spiro atoms. The van der Waals surface area contributed by atoms with Gasteiger partial charge in [-0.2, -0.15) is 0 Å². The van der Waals surface area contributed by atoms with Gasteiger partial charge in [0.2, 0.25) is 5.91 Å². The van der Waals surface area contributed by atoms with E-state index >= 15 is 0 Å². The highest BCUT2D eigenvalue weighted by Gasteiger charge is 2.27. The number of aryl methyl sites for hydroxylation is 1. The zero-order valence-electron chi connectivity index (χ0n) is 24.7. The number of hydrogen-bond acceptors (Lipinski definition) is 7. The van der Waals surface area contributed by atoms with Crippen LogP contribution in [-0.2, 0) is 27.2 Å². The van der Waals surface area contributed by atoms with Gasteiger partial charge in [-0.05, 0) is 79.8 Å². The van der Waals surface area contributed by atoms with Crippen molar-refractivity contribution in [3.63, 3.8) is 0 Å². The van der Waals surface area contributed by atoms with Gasteiger partial charge >= 0.3 is 5.97 Å². The summed E-state index contributed by atoms with van der Waals surface area (Å²) < 4.78 is 5.00. The molecule has 5 rings (SSSR count). The first kappa shape index (κ1) is 33.3. The molecule has 46 heavy (non-hydrogen) atoms. The molecule has 1 aliphatic rings. The van der Waals surface area contributed by atoms with Crippen LogP contribution in [0.5, 0.6) is 0 Å². The first-order valence-electron chi connectivity index (χ1n) is 14.3. The highest BCUT2D eigenvalue weighted by molar-refractivity contribution is 8.00. The van der Waals surface area contributed by atoms with E-state index in [2.05, 4.69) is 16.0 Å². The lowest BCUT2D eigenvalue weighted by Gasteiger charge is -2.13. The minimum absolute atomic E-state index is 0.0682. The van der Waals surface area contributed by atoms with Gasteiger partial charge in [0.25, 0.3) is 11.8 Å². The van der Waals surface area contributed by atoms with E-state index in [1.54, 1.807) is 66.7 Å². The Morgan fingerprint density at radius 3 is 2.37 bits per heavy atom. The van der Waals surface area contributed by atoms with Crippen molar-refractivity contribution < 1.29 is 23.9 Å². The normalized spacial score (nSPS) is 12.5. The first-order valence-corrected chi connectivity index (χ1v) is 16.9. The van der Waals surface area contributed by atoms with Crippen molar-refractivity contribution in [2.45, 2.75) is 30.6 Å². The lowest BCUT2D eigenvalue weighted by atomic mass is 9.95. The number of rotatable bonds is 10. The van der Waals surface area contributed by atoms with Crippen molar-refractivity contribution >= 4 is 86.8 Å². The van der Waals surface area contributed by atoms with E-state index < -0.39 is 17.8 Å². The van der Waals surface area contributed by atoms with Crippen LogP contribution >= 0.6 is 46.3 Å². The van der Waals surface area contributed by atoms with Gasteiger partial charge in [-0.1, -0.05) is 53.5 Å². The quantitative estimate of drug-likeness (QED) is 0.0885. The van der Waals surface area contributed by atoms with E-state index in [-0.39, 0.29) is 17.4 Å². The van der Waals surface area contributed by atoms with Crippen molar-refractivity contribution in [2.75, 3.05) is 23.5 Å². The summed E-state index contributed by atoms with van der Waals surface area (Å²) in [5.41, 5.74) is 2.54. The maximum absolute atomic E-state index is 13.5. The molecule has 3 amide bonds. The van der Waals surface area contributed by atoms with E-state index in [1.807, 2.05) is 6.07 Å². The number of halogens is 2. The molecule has 0 atom stereocenters. The predicted octanol–water partition coefficient (Wildman–Crippen LogP) is 7.86. The Balaban J connectivity index is 1.29. The lowest BCUT2D eigenvalue weighted by Crippen LogP contribution is -2.30. The van der Waals surface area contributed by atoms with Crippen molar-refractivity contribution in [2.24, 2.45) is 0 Å². The second-order valence-electron chi connectivity index (χ2n) is 10.2. The minimum atomic E-state index is -0.600. The number of anilines is 2. The Morgan fingerprint density at radius 2 is 1.63 bits per heavy atom. The Bertz CT molecular complexity index is 1800. The molecule has 0 saturated carbocycles. The predicted molar refractivity (Wildman–Crippen MR) is 185 cm³/mol. The molecule has 0 aliphatic heterocycles. The van der Waals surface area contributed by atoms with Gasteiger partial charge < -0.3 is 20.7 Å². The topological polar surface area (TPSA) is 114 Å². The number of methoxy groups -OCH3 is 1. The Labute approximate surface area is 284 Å². The van der Waals surface area contributed by atoms with Crippen LogP contribution in [0.1, 0.15) is 49.6 Å². The molecule has 0 saturated heterocycles. The molecule has 3 N–H and O–H groups in total. The summed E-state index contributed by atoms with van der Waals surface area (Å²) in [6.45, 7) is 0. The number of thiophene rings is 1. The number of fused-ring (bicyclic) bond motifs is 1. The molecule has 1 heterocycles. The average molecular weight is 695 g/mol. The number of nitrogens with one attached hydrogen (secondary N) is 3. The second kappa shape index (κ2) is 15.5. The molecule has 12 heteroatoms. The SMILES string of the molecule is COC(=O)c1c(NC(=O)CSc2cccc(NC(=O)/C(=C\c3c(Cl)cccc3Cl)NC(=O)c3ccccc3)c2)sc2c1CCCC2. The van der Waals surface area contributed by atoms with Crippen LogP contribution in [0.3, 0.4) is 0 Å². The van der Waals surface area contributed by atoms with Crippen molar-refractivity contribution in [1.29, 1.82) is 0 Å². The van der Waals surface area contributed by atoms with Gasteiger partial charge in [-0.25, -0.2) is 4.79 Å². The fourth-order valence-electron chi connectivity index (χ4n) is 4.88. The monoisotopic (exact) mass is 693 g/mol. The average Bonchev–Trinajstić information content (AvgIpc) is 3.42. The first-order chi connectivity index (χ1) is 22.2. The maximum atomic E-state index is 13.5. The molecule has 8 nitrogen and oxygen atoms in total. The molecule has 1 aliphatic carbocycles. The molecule has 4 aromatic rings. The summed E-state index contributed by atoms with van der Waals surface area (Å²) in [7, 11) is 1.34. The number of carbonyl (C=O) groups is 4. The van der Waals surface area contributed by atoms with Crippen LogP contribution < -0.4 is 16.0 Å². The molecule has 0 bridgehead atoms. The van der Waals surface area contributed by atoms with E-state index in [1.165, 1.54) is 36.3 Å². The summed E-state index contributed by atoms with van der Waals surface area (Å²) in [5, 5.41) is 9.51. The van der Waals surface area contributed by atoms with Gasteiger partial charge in [0.1, 0.15) is 10.7 Å². The lowest BCUT2D eigenvalue weighted by molar-refractivity contribution is -0.114. The van der Waals surface area contributed by atoms with Crippen LogP contribution in [0.4, 0.5) is 10.7 Å². The van der Waals surface area contributed by atoms with Gasteiger partial charge in [0.15, 0.2) is 0 Å². The standard InChI is InChI=1S/C34H29Cl2N3O5S2/c1-44-34(43)30-23-13-5-6-16-28(23)46-33(30)39-29(40)19-45-22-12-7-11-21(17-22)37-32(42)27(18-24-25(35)14-8-15-26(24)36)38-31(41)20-9-3-2-4-10-20/h2-4,7-12,14-15,17-18H,5-6,13,16,19H2,1H3,(H,37,42)(H,38,41)(H,39,40)/b27-18+. The summed E-state index contributed by atoms with van der Waals surface area (Å²) in [4.78, 5) is 53.8. The van der Waals surface area contributed by atoms with Crippen LogP contribution in [-0.4, -0.2) is 36.6 Å². The number of thioether (sulfide) groups is 1. The van der Waals surface area contributed by atoms with Crippen LogP contribution in [0.25, 0.3) is 6.08 Å². The molecule has 1 aromatic heterocycles. The Hall–Kier alpha value is -4.09. The number of carbonyl (C=O) groups excluding carboxylic acids is 4. The third kappa shape index (κ3) is 8.19. The summed E-state index contributed by atoms with van der Waals surface area (Å²) in [6, 6.07) is 20.4. The number of amides is 3. The zero-order valence-corrected chi connectivity index (χ0v) is 27.8. The zero-order chi connectivity index (χ0) is 32.6. The molecular formula is C34H29Cl2N3O5S2. The van der Waals surface area contributed by atoms with Crippen LogP contribution in [0, 0.1) is 0 Å². The summed E-state index contributed by atoms with van der Waals surface area (Å²) >= 11 is 15.4. The van der Waals surface area contributed by atoms with E-state index in [9.17, 15) is 19.2 Å². The highest BCUT2D eigenvalue weighted by Crippen LogP contribution is 2.38. The third-order valence-corrected chi connectivity index (χ3v) is 9.95. The summed E-state index contributed by atoms with van der Waals surface area (Å²) in [5.74, 6) is -1.73. The smallest absolute Gasteiger partial charge is 0.341 e. The largest absolute Gasteiger partial charge is 0.465 e. The molecule has 0 unspecified atom stereocenters. The van der Waals surface area contributed by atoms with E-state index in [0.29, 0.717) is 37.4 Å². The molecule has 3 aromatic carbocycles. The Morgan fingerprint density at radius 1 is 0.913 bits per heavy atom. The van der Waals surface area contributed by atoms with Crippen LogP contribution in [0.15, 0.2) is 83.4 Å². The number of esters is 1.